The van der Waals surface area contributed by atoms with Crippen molar-refractivity contribution in [3.05, 3.63) is 24.3 Å². The van der Waals surface area contributed by atoms with Crippen LogP contribution < -0.4 is 0 Å². The van der Waals surface area contributed by atoms with Gasteiger partial charge in [0, 0.05) is 42.4 Å². The standard InChI is InChI=1S/C36H69NO2S4/c1-5-7-9-11-13-15-17-19-23-31-41-43-33-25-21-28-36(38-34-35(39-36)26-29-37(3)4)27-20-24-32-42-40-30-22-18-16-14-12-10-8-6-2/h16-19,35H,5-15,20-34H2,1-4H3/b18-16-,19-17-. The molecule has 254 valence electrons. The third kappa shape index (κ3) is 26.5. The minimum absolute atomic E-state index is 0.251. The van der Waals surface area contributed by atoms with Gasteiger partial charge in [0.1, 0.15) is 0 Å². The van der Waals surface area contributed by atoms with Crippen molar-refractivity contribution in [2.45, 2.75) is 154 Å². The average Bonchev–Trinajstić information content (AvgIpc) is 3.41. The molecule has 3 nitrogen and oxygen atoms in total. The molecular formula is C36H69NO2S4. The lowest BCUT2D eigenvalue weighted by atomic mass is 10.0. The second kappa shape index (κ2) is 31.4. The highest BCUT2D eigenvalue weighted by atomic mass is 33.1. The zero-order valence-electron chi connectivity index (χ0n) is 28.7. The summed E-state index contributed by atoms with van der Waals surface area (Å²) in [5.74, 6) is 4.58. The predicted molar refractivity (Wildman–Crippen MR) is 204 cm³/mol. The summed E-state index contributed by atoms with van der Waals surface area (Å²) in [6.45, 7) is 6.39. The molecule has 1 aliphatic heterocycles. The summed E-state index contributed by atoms with van der Waals surface area (Å²) < 4.78 is 13.1. The molecule has 0 aromatic heterocycles. The van der Waals surface area contributed by atoms with E-state index < -0.39 is 0 Å². The van der Waals surface area contributed by atoms with Crippen LogP contribution in [-0.4, -0.2) is 67.0 Å². The Kier molecular flexibility index (Phi) is 30.5. The molecule has 0 amide bonds. The first-order valence-electron chi connectivity index (χ1n) is 17.9. The fourth-order valence-corrected chi connectivity index (χ4v) is 9.43. The molecule has 2 atom stereocenters. The minimum atomic E-state index is -0.337. The molecule has 0 spiro atoms. The van der Waals surface area contributed by atoms with Gasteiger partial charge in [-0.3, -0.25) is 0 Å². The van der Waals surface area contributed by atoms with Crippen molar-refractivity contribution in [2.24, 2.45) is 0 Å². The van der Waals surface area contributed by atoms with Crippen molar-refractivity contribution in [1.82, 2.24) is 4.90 Å². The van der Waals surface area contributed by atoms with Crippen molar-refractivity contribution in [3.8, 4) is 0 Å². The molecule has 0 aromatic rings. The van der Waals surface area contributed by atoms with E-state index in [4.69, 9.17) is 9.47 Å². The summed E-state index contributed by atoms with van der Waals surface area (Å²) >= 11 is 0. The van der Waals surface area contributed by atoms with E-state index in [0.717, 1.165) is 32.4 Å². The lowest BCUT2D eigenvalue weighted by Gasteiger charge is -2.28. The maximum atomic E-state index is 6.64. The molecule has 7 heteroatoms. The zero-order chi connectivity index (χ0) is 31.1. The quantitative estimate of drug-likeness (QED) is 0.0397. The van der Waals surface area contributed by atoms with E-state index in [-0.39, 0.29) is 11.9 Å². The first kappa shape index (κ1) is 41.8. The first-order chi connectivity index (χ1) is 21.1. The van der Waals surface area contributed by atoms with E-state index in [1.54, 1.807) is 0 Å². The summed E-state index contributed by atoms with van der Waals surface area (Å²) in [6, 6.07) is 0. The van der Waals surface area contributed by atoms with Gasteiger partial charge in [-0.15, -0.1) is 0 Å². The van der Waals surface area contributed by atoms with Gasteiger partial charge in [-0.1, -0.05) is 126 Å². The molecule has 0 N–H and O–H groups in total. The molecule has 43 heavy (non-hydrogen) atoms. The van der Waals surface area contributed by atoms with Gasteiger partial charge in [0.05, 0.1) is 12.7 Å². The van der Waals surface area contributed by atoms with E-state index in [1.165, 1.54) is 132 Å². The van der Waals surface area contributed by atoms with Crippen molar-refractivity contribution in [1.29, 1.82) is 0 Å². The zero-order valence-corrected chi connectivity index (χ0v) is 31.9. The molecule has 1 rings (SSSR count). The third-order valence-electron chi connectivity index (χ3n) is 7.82. The second-order valence-corrected chi connectivity index (χ2v) is 17.7. The summed E-state index contributed by atoms with van der Waals surface area (Å²) in [5, 5.41) is 0. The molecule has 0 aromatic carbocycles. The van der Waals surface area contributed by atoms with E-state index in [9.17, 15) is 0 Å². The Bertz CT molecular complexity index is 649. The number of ether oxygens (including phenoxy) is 2. The van der Waals surface area contributed by atoms with Gasteiger partial charge in [0.25, 0.3) is 0 Å². The lowest BCUT2D eigenvalue weighted by Crippen LogP contribution is -2.31. The van der Waals surface area contributed by atoms with Crippen LogP contribution in [0.2, 0.25) is 0 Å². The molecular weight excluding hydrogens is 607 g/mol. The minimum Gasteiger partial charge on any atom is -0.347 e. The fourth-order valence-electron chi connectivity index (χ4n) is 5.15. The number of hydrogen-bond acceptors (Lipinski definition) is 7. The Morgan fingerprint density at radius 2 is 1.09 bits per heavy atom. The van der Waals surface area contributed by atoms with E-state index >= 15 is 0 Å². The molecule has 1 heterocycles. The number of nitrogens with zero attached hydrogens (tertiary/aromatic N) is 1. The molecule has 0 aliphatic carbocycles. The molecule has 1 fully saturated rings. The van der Waals surface area contributed by atoms with Gasteiger partial charge < -0.3 is 14.4 Å². The molecule has 1 saturated heterocycles. The van der Waals surface area contributed by atoms with Crippen LogP contribution in [0, 0.1) is 0 Å². The monoisotopic (exact) mass is 675 g/mol. The van der Waals surface area contributed by atoms with E-state index in [2.05, 4.69) is 57.1 Å². The molecule has 1 aliphatic rings. The second-order valence-electron chi connectivity index (χ2n) is 12.3. The van der Waals surface area contributed by atoms with Crippen molar-refractivity contribution < 1.29 is 9.47 Å². The highest BCUT2D eigenvalue weighted by Gasteiger charge is 2.40. The van der Waals surface area contributed by atoms with Crippen LogP contribution in [-0.2, 0) is 9.47 Å². The lowest BCUT2D eigenvalue weighted by molar-refractivity contribution is -0.179. The number of rotatable bonds is 32. The van der Waals surface area contributed by atoms with Crippen LogP contribution in [0.3, 0.4) is 0 Å². The van der Waals surface area contributed by atoms with Gasteiger partial charge >= 0.3 is 0 Å². The van der Waals surface area contributed by atoms with Crippen molar-refractivity contribution in [2.75, 3.05) is 50.3 Å². The first-order valence-corrected chi connectivity index (χ1v) is 22.8. The Balaban J connectivity index is 2.15. The highest BCUT2D eigenvalue weighted by Crippen LogP contribution is 2.36. The molecule has 0 bridgehead atoms. The maximum Gasteiger partial charge on any atom is 0.168 e. The smallest absolute Gasteiger partial charge is 0.168 e. The maximum absolute atomic E-state index is 6.64. The number of hydrogen-bond donors (Lipinski definition) is 0. The molecule has 0 saturated carbocycles. The Labute approximate surface area is 284 Å². The van der Waals surface area contributed by atoms with Crippen LogP contribution in [0.5, 0.6) is 0 Å². The van der Waals surface area contributed by atoms with Gasteiger partial charge in [0.2, 0.25) is 0 Å². The Morgan fingerprint density at radius 1 is 0.605 bits per heavy atom. The van der Waals surface area contributed by atoms with E-state index in [1.807, 2.05) is 43.2 Å². The Morgan fingerprint density at radius 3 is 1.63 bits per heavy atom. The molecule has 0 radical (unpaired) electrons. The van der Waals surface area contributed by atoms with Crippen LogP contribution in [0.4, 0.5) is 0 Å². The summed E-state index contributed by atoms with van der Waals surface area (Å²) in [4.78, 5) is 2.25. The van der Waals surface area contributed by atoms with Crippen LogP contribution >= 0.6 is 43.2 Å². The third-order valence-corrected chi connectivity index (χ3v) is 12.9. The van der Waals surface area contributed by atoms with Gasteiger partial charge in [0.15, 0.2) is 5.79 Å². The van der Waals surface area contributed by atoms with Crippen LogP contribution in [0.1, 0.15) is 142 Å². The predicted octanol–water partition coefficient (Wildman–Crippen LogP) is 12.4. The number of allylic oxidation sites excluding steroid dienone is 4. The fraction of sp³-hybridized carbons (Fsp3) is 0.889. The van der Waals surface area contributed by atoms with Crippen LogP contribution in [0.15, 0.2) is 24.3 Å². The normalized spacial score (nSPS) is 19.1. The van der Waals surface area contributed by atoms with Crippen molar-refractivity contribution >= 4 is 43.2 Å². The van der Waals surface area contributed by atoms with Gasteiger partial charge in [-0.05, 0) is 84.7 Å². The summed E-state index contributed by atoms with van der Waals surface area (Å²) in [7, 11) is 12.5. The number of unbranched alkanes of at least 4 members (excludes halogenated alkanes) is 11. The highest BCUT2D eigenvalue weighted by molar-refractivity contribution is 8.77. The summed E-state index contributed by atoms with van der Waals surface area (Å²) in [6.07, 6.45) is 35.1. The summed E-state index contributed by atoms with van der Waals surface area (Å²) in [5.41, 5.74) is 0. The SMILES string of the molecule is CCCCCC/C=C\CCSSCCCCC1(CCCCSSCC/C=C\CCCCCCC)OCC(CCN(C)C)O1. The van der Waals surface area contributed by atoms with Crippen molar-refractivity contribution in [3.63, 3.8) is 0 Å². The van der Waals surface area contributed by atoms with Crippen LogP contribution in [0.25, 0.3) is 0 Å². The largest absolute Gasteiger partial charge is 0.347 e. The average molecular weight is 676 g/mol. The topological polar surface area (TPSA) is 21.7 Å². The van der Waals surface area contributed by atoms with Gasteiger partial charge in [-0.25, -0.2) is 0 Å². The molecule has 2 unspecified atom stereocenters. The van der Waals surface area contributed by atoms with Gasteiger partial charge in [-0.2, -0.15) is 0 Å². The van der Waals surface area contributed by atoms with E-state index in [0.29, 0.717) is 0 Å². The Hall–Kier alpha value is 0.760.